The van der Waals surface area contributed by atoms with E-state index in [0.717, 1.165) is 18.6 Å². The molecule has 3 heteroatoms. The Kier molecular flexibility index (Phi) is 6.82. The van der Waals surface area contributed by atoms with Gasteiger partial charge in [0.05, 0.1) is 6.61 Å². The Morgan fingerprint density at radius 3 is 2.76 bits per heavy atom. The fourth-order valence-electron chi connectivity index (χ4n) is 1.70. The van der Waals surface area contributed by atoms with Crippen molar-refractivity contribution in [2.75, 3.05) is 6.61 Å². The Balaban J connectivity index is 2.27. The molecule has 2 N–H and O–H groups in total. The van der Waals surface area contributed by atoms with Crippen molar-refractivity contribution >= 4 is 0 Å². The minimum atomic E-state index is -0.237. The Hall–Kier alpha value is -0.930. The second kappa shape index (κ2) is 8.20. The quantitative estimate of drug-likeness (QED) is 0.706. The molecule has 96 valence electrons. The molecule has 1 rings (SSSR count). The lowest BCUT2D eigenvalue weighted by atomic mass is 10.1. The molecule has 0 unspecified atom stereocenters. The van der Waals surface area contributed by atoms with Crippen molar-refractivity contribution in [3.63, 3.8) is 0 Å². The predicted octanol–water partition coefficient (Wildman–Crippen LogP) is 3.38. The van der Waals surface area contributed by atoms with Crippen LogP contribution in [-0.2, 0) is 17.9 Å². The third-order valence-corrected chi connectivity index (χ3v) is 2.74. The number of unbranched alkanes of at least 4 members (excludes halogenated alkanes) is 3. The number of benzene rings is 1. The summed E-state index contributed by atoms with van der Waals surface area (Å²) < 4.78 is 18.7. The fraction of sp³-hybridized carbons (Fsp3) is 0.571. The van der Waals surface area contributed by atoms with Gasteiger partial charge in [-0.1, -0.05) is 32.3 Å². The number of hydrogen-bond acceptors (Lipinski definition) is 2. The van der Waals surface area contributed by atoms with Crippen molar-refractivity contribution in [1.29, 1.82) is 0 Å². The van der Waals surface area contributed by atoms with Gasteiger partial charge in [-0.3, -0.25) is 0 Å². The molecule has 0 aliphatic carbocycles. The van der Waals surface area contributed by atoms with Gasteiger partial charge >= 0.3 is 0 Å². The van der Waals surface area contributed by atoms with E-state index in [1.807, 2.05) is 0 Å². The van der Waals surface area contributed by atoms with Crippen molar-refractivity contribution in [2.45, 2.75) is 45.8 Å². The fourth-order valence-corrected chi connectivity index (χ4v) is 1.70. The molecule has 17 heavy (non-hydrogen) atoms. The smallest absolute Gasteiger partial charge is 0.127 e. The highest BCUT2D eigenvalue weighted by Crippen LogP contribution is 2.11. The van der Waals surface area contributed by atoms with Crippen LogP contribution >= 0.6 is 0 Å². The molecule has 0 heterocycles. The molecule has 0 amide bonds. The van der Waals surface area contributed by atoms with Gasteiger partial charge in [0.2, 0.25) is 0 Å². The highest BCUT2D eigenvalue weighted by Gasteiger charge is 2.01. The molecule has 0 bridgehead atoms. The largest absolute Gasteiger partial charge is 0.377 e. The van der Waals surface area contributed by atoms with E-state index in [1.54, 1.807) is 12.1 Å². The maximum absolute atomic E-state index is 13.2. The number of nitrogens with two attached hydrogens (primary N) is 1. The van der Waals surface area contributed by atoms with Crippen LogP contribution in [0.25, 0.3) is 0 Å². The Morgan fingerprint density at radius 1 is 1.24 bits per heavy atom. The molecular weight excluding hydrogens is 217 g/mol. The Morgan fingerprint density at radius 2 is 2.06 bits per heavy atom. The predicted molar refractivity (Wildman–Crippen MR) is 68.1 cm³/mol. The van der Waals surface area contributed by atoms with Crippen molar-refractivity contribution in [3.05, 3.63) is 35.1 Å². The average molecular weight is 239 g/mol. The van der Waals surface area contributed by atoms with Crippen molar-refractivity contribution in [2.24, 2.45) is 5.73 Å². The first-order chi connectivity index (χ1) is 8.27. The van der Waals surface area contributed by atoms with Crippen LogP contribution in [0, 0.1) is 5.82 Å². The van der Waals surface area contributed by atoms with Gasteiger partial charge < -0.3 is 10.5 Å². The standard InChI is InChI=1S/C14H22FNO/c1-2-3-4-5-8-17-11-12-6-7-14(15)13(9-12)10-16/h6-7,9H,2-5,8,10-11,16H2,1H3. The van der Waals surface area contributed by atoms with E-state index in [9.17, 15) is 4.39 Å². The highest BCUT2D eigenvalue weighted by molar-refractivity contribution is 5.24. The first-order valence-electron chi connectivity index (χ1n) is 6.33. The number of rotatable bonds is 8. The van der Waals surface area contributed by atoms with Gasteiger partial charge in [0.1, 0.15) is 5.82 Å². The van der Waals surface area contributed by atoms with Crippen LogP contribution in [0.3, 0.4) is 0 Å². The van der Waals surface area contributed by atoms with Crippen molar-refractivity contribution in [3.8, 4) is 0 Å². The second-order valence-corrected chi connectivity index (χ2v) is 4.24. The Labute approximate surface area is 103 Å². The molecule has 1 aromatic carbocycles. The lowest BCUT2D eigenvalue weighted by Gasteiger charge is -2.06. The SMILES string of the molecule is CCCCCCOCc1ccc(F)c(CN)c1. The zero-order valence-electron chi connectivity index (χ0n) is 10.5. The van der Waals surface area contributed by atoms with Crippen LogP contribution < -0.4 is 5.73 Å². The van der Waals surface area contributed by atoms with E-state index in [1.165, 1.54) is 25.3 Å². The summed E-state index contributed by atoms with van der Waals surface area (Å²) in [7, 11) is 0. The lowest BCUT2D eigenvalue weighted by molar-refractivity contribution is 0.116. The number of ether oxygens (including phenoxy) is 1. The molecule has 0 aliphatic heterocycles. The summed E-state index contributed by atoms with van der Waals surface area (Å²) in [4.78, 5) is 0. The molecule has 0 saturated heterocycles. The van der Waals surface area contributed by atoms with Crippen LogP contribution in [-0.4, -0.2) is 6.61 Å². The molecule has 0 atom stereocenters. The van der Waals surface area contributed by atoms with Gasteiger partial charge in [-0.05, 0) is 24.1 Å². The molecule has 0 fully saturated rings. The number of hydrogen-bond donors (Lipinski definition) is 1. The summed E-state index contributed by atoms with van der Waals surface area (Å²) in [5, 5.41) is 0. The molecule has 0 radical (unpaired) electrons. The maximum Gasteiger partial charge on any atom is 0.127 e. The molecule has 0 spiro atoms. The third kappa shape index (κ3) is 5.29. The molecule has 0 aliphatic rings. The van der Waals surface area contributed by atoms with Crippen molar-refractivity contribution < 1.29 is 9.13 Å². The van der Waals surface area contributed by atoms with Crippen LogP contribution in [0.2, 0.25) is 0 Å². The molecule has 2 nitrogen and oxygen atoms in total. The summed E-state index contributed by atoms with van der Waals surface area (Å²) in [5.74, 6) is -0.237. The summed E-state index contributed by atoms with van der Waals surface area (Å²) >= 11 is 0. The van der Waals surface area contributed by atoms with E-state index >= 15 is 0 Å². The van der Waals surface area contributed by atoms with E-state index < -0.39 is 0 Å². The van der Waals surface area contributed by atoms with Gasteiger partial charge in [0.25, 0.3) is 0 Å². The van der Waals surface area contributed by atoms with Gasteiger partial charge in [0.15, 0.2) is 0 Å². The summed E-state index contributed by atoms with van der Waals surface area (Å²) in [6.07, 6.45) is 4.81. The summed E-state index contributed by atoms with van der Waals surface area (Å²) in [6, 6.07) is 4.99. The minimum Gasteiger partial charge on any atom is -0.377 e. The van der Waals surface area contributed by atoms with E-state index in [-0.39, 0.29) is 12.4 Å². The number of halogens is 1. The normalized spacial score (nSPS) is 10.8. The lowest BCUT2D eigenvalue weighted by Crippen LogP contribution is -2.02. The molecule has 0 saturated carbocycles. The van der Waals surface area contributed by atoms with E-state index in [0.29, 0.717) is 12.2 Å². The Bertz CT molecular complexity index is 328. The second-order valence-electron chi connectivity index (χ2n) is 4.24. The van der Waals surface area contributed by atoms with Gasteiger partial charge in [-0.25, -0.2) is 4.39 Å². The monoisotopic (exact) mass is 239 g/mol. The van der Waals surface area contributed by atoms with E-state index in [2.05, 4.69) is 6.92 Å². The zero-order chi connectivity index (χ0) is 12.5. The van der Waals surface area contributed by atoms with Crippen molar-refractivity contribution in [1.82, 2.24) is 0 Å². The first kappa shape index (κ1) is 14.1. The highest BCUT2D eigenvalue weighted by atomic mass is 19.1. The van der Waals surface area contributed by atoms with Gasteiger partial charge in [-0.15, -0.1) is 0 Å². The van der Waals surface area contributed by atoms with E-state index in [4.69, 9.17) is 10.5 Å². The first-order valence-corrected chi connectivity index (χ1v) is 6.33. The maximum atomic E-state index is 13.2. The zero-order valence-corrected chi connectivity index (χ0v) is 10.5. The van der Waals surface area contributed by atoms with Crippen LogP contribution in [0.4, 0.5) is 4.39 Å². The molecule has 0 aromatic heterocycles. The summed E-state index contributed by atoms with van der Waals surface area (Å²) in [6.45, 7) is 3.73. The molecule has 1 aromatic rings. The topological polar surface area (TPSA) is 35.2 Å². The molecular formula is C14H22FNO. The third-order valence-electron chi connectivity index (χ3n) is 2.74. The van der Waals surface area contributed by atoms with Crippen LogP contribution in [0.15, 0.2) is 18.2 Å². The van der Waals surface area contributed by atoms with Crippen LogP contribution in [0.5, 0.6) is 0 Å². The average Bonchev–Trinajstić information content (AvgIpc) is 2.35. The van der Waals surface area contributed by atoms with Gasteiger partial charge in [0, 0.05) is 18.7 Å². The summed E-state index contributed by atoms with van der Waals surface area (Å²) in [5.41, 5.74) is 6.99. The minimum absolute atomic E-state index is 0.232. The van der Waals surface area contributed by atoms with Crippen LogP contribution in [0.1, 0.15) is 43.7 Å². The van der Waals surface area contributed by atoms with Gasteiger partial charge in [-0.2, -0.15) is 0 Å².